The van der Waals surface area contributed by atoms with Crippen molar-refractivity contribution >= 4 is 5.97 Å². The smallest absolute Gasteiger partial charge is 0.327 e. The van der Waals surface area contributed by atoms with E-state index in [1.54, 1.807) is 13.0 Å². The van der Waals surface area contributed by atoms with E-state index < -0.39 is 12.0 Å². The van der Waals surface area contributed by atoms with Crippen molar-refractivity contribution in [2.45, 2.75) is 13.0 Å². The summed E-state index contributed by atoms with van der Waals surface area (Å²) < 4.78 is 17.6. The lowest BCUT2D eigenvalue weighted by Gasteiger charge is -2.12. The average Bonchev–Trinajstić information content (AvgIpc) is 2.20. The van der Waals surface area contributed by atoms with Crippen molar-refractivity contribution in [3.05, 3.63) is 35.1 Å². The largest absolute Gasteiger partial charge is 0.468 e. The van der Waals surface area contributed by atoms with Crippen molar-refractivity contribution in [1.82, 2.24) is 0 Å². The molecule has 0 aliphatic heterocycles. The monoisotopic (exact) mass is 197 g/mol. The Morgan fingerprint density at radius 3 is 2.79 bits per heavy atom. The first-order valence-corrected chi connectivity index (χ1v) is 4.16. The summed E-state index contributed by atoms with van der Waals surface area (Å²) in [5.41, 5.74) is 6.41. The van der Waals surface area contributed by atoms with Gasteiger partial charge in [0.15, 0.2) is 0 Å². The van der Waals surface area contributed by atoms with Crippen LogP contribution in [0.3, 0.4) is 0 Å². The molecule has 0 saturated heterocycles. The maximum absolute atomic E-state index is 13.1. The SMILES string of the molecule is COC(=O)[C@H](N)c1cccc(F)c1C. The molecule has 0 aliphatic rings. The van der Waals surface area contributed by atoms with Crippen LogP contribution in [0.1, 0.15) is 17.2 Å². The van der Waals surface area contributed by atoms with Crippen molar-refractivity contribution in [2.75, 3.05) is 7.11 Å². The molecule has 4 heteroatoms. The van der Waals surface area contributed by atoms with Gasteiger partial charge in [-0.1, -0.05) is 12.1 Å². The Bertz CT molecular complexity index is 352. The molecule has 0 aliphatic carbocycles. The van der Waals surface area contributed by atoms with E-state index in [9.17, 15) is 9.18 Å². The van der Waals surface area contributed by atoms with E-state index >= 15 is 0 Å². The zero-order valence-corrected chi connectivity index (χ0v) is 8.08. The van der Waals surface area contributed by atoms with Crippen LogP contribution < -0.4 is 5.73 Å². The van der Waals surface area contributed by atoms with Gasteiger partial charge < -0.3 is 10.5 Å². The molecule has 14 heavy (non-hydrogen) atoms. The molecule has 0 heterocycles. The molecule has 0 spiro atoms. The number of hydrogen-bond acceptors (Lipinski definition) is 3. The highest BCUT2D eigenvalue weighted by atomic mass is 19.1. The molecule has 0 saturated carbocycles. The zero-order valence-electron chi connectivity index (χ0n) is 8.08. The highest BCUT2D eigenvalue weighted by molar-refractivity contribution is 5.77. The first-order valence-electron chi connectivity index (χ1n) is 4.16. The third-order valence-electron chi connectivity index (χ3n) is 2.10. The number of carbonyl (C=O) groups is 1. The van der Waals surface area contributed by atoms with Gasteiger partial charge in [-0.15, -0.1) is 0 Å². The molecule has 1 aromatic carbocycles. The summed E-state index contributed by atoms with van der Waals surface area (Å²) in [6, 6.07) is 3.53. The second kappa shape index (κ2) is 4.19. The molecular weight excluding hydrogens is 185 g/mol. The maximum atomic E-state index is 13.1. The molecule has 0 fully saturated rings. The summed E-state index contributed by atoms with van der Waals surface area (Å²) in [5, 5.41) is 0. The number of benzene rings is 1. The topological polar surface area (TPSA) is 52.3 Å². The van der Waals surface area contributed by atoms with E-state index in [1.165, 1.54) is 19.2 Å². The first-order chi connectivity index (χ1) is 6.57. The number of nitrogens with two attached hydrogens (primary N) is 1. The van der Waals surface area contributed by atoms with E-state index in [2.05, 4.69) is 4.74 Å². The van der Waals surface area contributed by atoms with E-state index in [4.69, 9.17) is 5.73 Å². The molecule has 0 unspecified atom stereocenters. The Morgan fingerprint density at radius 1 is 1.57 bits per heavy atom. The summed E-state index contributed by atoms with van der Waals surface area (Å²) in [6.07, 6.45) is 0. The molecule has 0 radical (unpaired) electrons. The Hall–Kier alpha value is -1.42. The summed E-state index contributed by atoms with van der Waals surface area (Å²) in [4.78, 5) is 11.1. The lowest BCUT2D eigenvalue weighted by atomic mass is 10.0. The molecular formula is C10H12FNO2. The molecule has 1 aromatic rings. The van der Waals surface area contributed by atoms with Crippen molar-refractivity contribution in [2.24, 2.45) is 5.73 Å². The minimum Gasteiger partial charge on any atom is -0.468 e. The summed E-state index contributed by atoms with van der Waals surface area (Å²) >= 11 is 0. The first kappa shape index (κ1) is 10.7. The van der Waals surface area contributed by atoms with Crippen LogP contribution in [0.15, 0.2) is 18.2 Å². The highest BCUT2D eigenvalue weighted by Crippen LogP contribution is 2.18. The van der Waals surface area contributed by atoms with Gasteiger partial charge in [-0.05, 0) is 24.1 Å². The van der Waals surface area contributed by atoms with Crippen LogP contribution in [0.25, 0.3) is 0 Å². The van der Waals surface area contributed by atoms with Crippen molar-refractivity contribution in [3.8, 4) is 0 Å². The van der Waals surface area contributed by atoms with Crippen LogP contribution in [0, 0.1) is 12.7 Å². The zero-order chi connectivity index (χ0) is 10.7. The molecule has 1 atom stereocenters. The van der Waals surface area contributed by atoms with Gasteiger partial charge in [-0.2, -0.15) is 0 Å². The fraction of sp³-hybridized carbons (Fsp3) is 0.300. The van der Waals surface area contributed by atoms with Crippen LogP contribution in [-0.4, -0.2) is 13.1 Å². The van der Waals surface area contributed by atoms with Gasteiger partial charge >= 0.3 is 5.97 Å². The van der Waals surface area contributed by atoms with Gasteiger partial charge in [0.25, 0.3) is 0 Å². The Kier molecular flexibility index (Phi) is 3.19. The van der Waals surface area contributed by atoms with Crippen LogP contribution in [0.5, 0.6) is 0 Å². The molecule has 0 amide bonds. The predicted molar refractivity (Wildman–Crippen MR) is 50.1 cm³/mol. The molecule has 0 aromatic heterocycles. The number of ether oxygens (including phenoxy) is 1. The number of carbonyl (C=O) groups excluding carboxylic acids is 1. The summed E-state index contributed by atoms with van der Waals surface area (Å²) in [7, 11) is 1.25. The predicted octanol–water partition coefficient (Wildman–Crippen LogP) is 1.31. The Morgan fingerprint density at radius 2 is 2.21 bits per heavy atom. The summed E-state index contributed by atoms with van der Waals surface area (Å²) in [6.45, 7) is 1.58. The van der Waals surface area contributed by atoms with Crippen molar-refractivity contribution in [1.29, 1.82) is 0 Å². The third-order valence-corrected chi connectivity index (χ3v) is 2.10. The van der Waals surface area contributed by atoms with Crippen molar-refractivity contribution in [3.63, 3.8) is 0 Å². The summed E-state index contributed by atoms with van der Waals surface area (Å²) in [5.74, 6) is -0.944. The number of halogens is 1. The maximum Gasteiger partial charge on any atom is 0.327 e. The van der Waals surface area contributed by atoms with E-state index in [1.807, 2.05) is 0 Å². The quantitative estimate of drug-likeness (QED) is 0.727. The third kappa shape index (κ3) is 1.90. The van der Waals surface area contributed by atoms with Gasteiger partial charge in [0, 0.05) is 0 Å². The van der Waals surface area contributed by atoms with Gasteiger partial charge in [0.05, 0.1) is 7.11 Å². The van der Waals surface area contributed by atoms with Crippen LogP contribution in [0.4, 0.5) is 4.39 Å². The minimum atomic E-state index is -0.921. The van der Waals surface area contributed by atoms with Gasteiger partial charge in [-0.3, -0.25) is 4.79 Å². The van der Waals surface area contributed by atoms with E-state index in [0.29, 0.717) is 11.1 Å². The molecule has 3 nitrogen and oxygen atoms in total. The Balaban J connectivity index is 3.07. The number of rotatable bonds is 2. The fourth-order valence-electron chi connectivity index (χ4n) is 1.22. The van der Waals surface area contributed by atoms with Gasteiger partial charge in [-0.25, -0.2) is 4.39 Å². The average molecular weight is 197 g/mol. The van der Waals surface area contributed by atoms with Crippen LogP contribution in [0.2, 0.25) is 0 Å². The molecule has 76 valence electrons. The van der Waals surface area contributed by atoms with Gasteiger partial charge in [0.2, 0.25) is 0 Å². The molecule has 2 N–H and O–H groups in total. The van der Waals surface area contributed by atoms with Gasteiger partial charge in [0.1, 0.15) is 11.9 Å². The van der Waals surface area contributed by atoms with Crippen LogP contribution >= 0.6 is 0 Å². The van der Waals surface area contributed by atoms with Crippen molar-refractivity contribution < 1.29 is 13.9 Å². The number of hydrogen-bond donors (Lipinski definition) is 1. The highest BCUT2D eigenvalue weighted by Gasteiger charge is 2.19. The lowest BCUT2D eigenvalue weighted by molar-refractivity contribution is -0.142. The lowest BCUT2D eigenvalue weighted by Crippen LogP contribution is -2.23. The number of esters is 1. The van der Waals surface area contributed by atoms with E-state index in [-0.39, 0.29) is 5.82 Å². The molecule has 1 rings (SSSR count). The van der Waals surface area contributed by atoms with Crippen LogP contribution in [-0.2, 0) is 9.53 Å². The normalized spacial score (nSPS) is 12.3. The minimum absolute atomic E-state index is 0.373. The number of methoxy groups -OCH3 is 1. The second-order valence-corrected chi connectivity index (χ2v) is 2.95. The fourth-order valence-corrected chi connectivity index (χ4v) is 1.22. The standard InChI is InChI=1S/C10H12FNO2/c1-6-7(4-3-5-8(6)11)9(12)10(13)14-2/h3-5,9H,12H2,1-2H3/t9-/m1/s1. The Labute approximate surface area is 81.7 Å². The molecule has 0 bridgehead atoms. The van der Waals surface area contributed by atoms with E-state index in [0.717, 1.165) is 0 Å². The second-order valence-electron chi connectivity index (χ2n) is 2.95.